The summed E-state index contributed by atoms with van der Waals surface area (Å²) >= 11 is 0. The Bertz CT molecular complexity index is 1120. The van der Waals surface area contributed by atoms with Gasteiger partial charge in [0.05, 0.1) is 5.54 Å². The molecular formula is C20H17F7N4O2. The van der Waals surface area contributed by atoms with Crippen LogP contribution in [0, 0.1) is 18.6 Å². The molecule has 3 rings (SSSR count). The van der Waals surface area contributed by atoms with E-state index in [-0.39, 0.29) is 16.9 Å². The van der Waals surface area contributed by atoms with Crippen molar-refractivity contribution in [3.8, 4) is 0 Å². The van der Waals surface area contributed by atoms with Crippen LogP contribution in [0.3, 0.4) is 0 Å². The molecule has 0 saturated heterocycles. The third-order valence-corrected chi connectivity index (χ3v) is 5.00. The van der Waals surface area contributed by atoms with E-state index in [9.17, 15) is 35.5 Å². The van der Waals surface area contributed by atoms with Crippen molar-refractivity contribution in [1.29, 1.82) is 0 Å². The summed E-state index contributed by atoms with van der Waals surface area (Å²) in [5, 5.41) is 2.24. The van der Waals surface area contributed by atoms with Gasteiger partial charge in [0.25, 0.3) is 18.4 Å². The Morgan fingerprint density at radius 3 is 2.52 bits per heavy atom. The predicted molar refractivity (Wildman–Crippen MR) is 103 cm³/mol. The molecule has 1 amide bonds. The first-order valence-corrected chi connectivity index (χ1v) is 9.35. The van der Waals surface area contributed by atoms with Gasteiger partial charge >= 0.3 is 6.18 Å². The van der Waals surface area contributed by atoms with Crippen LogP contribution in [0.5, 0.6) is 0 Å². The van der Waals surface area contributed by atoms with Crippen LogP contribution in [0.25, 0.3) is 0 Å². The zero-order chi connectivity index (χ0) is 24.7. The third-order valence-electron chi connectivity index (χ3n) is 5.00. The molecule has 2 atom stereocenters. The topological polar surface area (TPSA) is 89.6 Å². The van der Waals surface area contributed by atoms with Gasteiger partial charge in [-0.1, -0.05) is 0 Å². The Morgan fingerprint density at radius 2 is 1.94 bits per heavy atom. The van der Waals surface area contributed by atoms with Gasteiger partial charge in [-0.15, -0.1) is 0 Å². The highest BCUT2D eigenvalue weighted by Gasteiger charge is 2.50. The number of alkyl halides is 5. The van der Waals surface area contributed by atoms with E-state index in [0.29, 0.717) is 6.07 Å². The number of aliphatic imine (C=N–C) groups is 1. The van der Waals surface area contributed by atoms with Crippen LogP contribution in [-0.2, 0) is 10.3 Å². The van der Waals surface area contributed by atoms with Gasteiger partial charge in [-0.2, -0.15) is 13.2 Å². The summed E-state index contributed by atoms with van der Waals surface area (Å²) in [6.45, 7) is 2.46. The van der Waals surface area contributed by atoms with Gasteiger partial charge in [0.15, 0.2) is 17.7 Å². The number of carbonyl (C=O) groups is 1. The summed E-state index contributed by atoms with van der Waals surface area (Å²) in [6, 6.07) is 1.70. The van der Waals surface area contributed by atoms with Crippen molar-refractivity contribution in [3.63, 3.8) is 0 Å². The molecule has 178 valence electrons. The molecule has 2 aromatic rings. The van der Waals surface area contributed by atoms with Gasteiger partial charge < -0.3 is 15.8 Å². The first-order valence-electron chi connectivity index (χ1n) is 9.35. The number of ether oxygens (including phenoxy) is 1. The van der Waals surface area contributed by atoms with E-state index in [1.54, 1.807) is 0 Å². The Labute approximate surface area is 182 Å². The van der Waals surface area contributed by atoms with Crippen molar-refractivity contribution < 1.29 is 40.3 Å². The number of rotatable bonds is 4. The second kappa shape index (κ2) is 8.52. The Hall–Kier alpha value is -3.38. The van der Waals surface area contributed by atoms with E-state index in [2.05, 4.69) is 20.0 Å². The minimum Gasteiger partial charge on any atom is -0.452 e. The molecule has 33 heavy (non-hydrogen) atoms. The van der Waals surface area contributed by atoms with Gasteiger partial charge in [0.2, 0.25) is 0 Å². The lowest BCUT2D eigenvalue weighted by molar-refractivity contribution is -0.208. The molecule has 0 aliphatic carbocycles. The molecule has 1 aromatic carbocycles. The quantitative estimate of drug-likeness (QED) is 0.622. The number of hydrogen-bond acceptors (Lipinski definition) is 5. The number of amides is 1. The van der Waals surface area contributed by atoms with Crippen molar-refractivity contribution in [2.75, 3.05) is 5.32 Å². The largest absolute Gasteiger partial charge is 0.452 e. The van der Waals surface area contributed by atoms with Crippen LogP contribution in [0.15, 0.2) is 29.4 Å². The maximum Gasteiger partial charge on any atom is 0.425 e. The number of nitrogens with two attached hydrogens (primary N) is 1. The molecule has 2 heterocycles. The Balaban J connectivity index is 1.97. The van der Waals surface area contributed by atoms with Crippen LogP contribution in [0.1, 0.15) is 46.9 Å². The molecule has 0 radical (unpaired) electrons. The number of aromatic nitrogens is 1. The average molecular weight is 478 g/mol. The molecule has 0 fully saturated rings. The number of hydrogen-bond donors (Lipinski definition) is 2. The monoisotopic (exact) mass is 478 g/mol. The zero-order valence-electron chi connectivity index (χ0n) is 17.1. The van der Waals surface area contributed by atoms with Gasteiger partial charge in [-0.05, 0) is 31.5 Å². The highest BCUT2D eigenvalue weighted by atomic mass is 19.4. The molecular weight excluding hydrogens is 461 g/mol. The first kappa shape index (κ1) is 24.3. The predicted octanol–water partition coefficient (Wildman–Crippen LogP) is 4.74. The molecule has 3 N–H and O–H groups in total. The SMILES string of the molecule is Cc1cc(C(F)F)cnc1C(=O)Nc1cc(F)c(F)c(C2(C)CC(C(F)(F)F)OC(N)=N2)c1. The fraction of sp³-hybridized carbons (Fsp3) is 0.350. The minimum atomic E-state index is -4.85. The summed E-state index contributed by atoms with van der Waals surface area (Å²) < 4.78 is 98.5. The highest BCUT2D eigenvalue weighted by Crippen LogP contribution is 2.42. The van der Waals surface area contributed by atoms with Crippen molar-refractivity contribution in [3.05, 3.63) is 58.4 Å². The molecule has 2 unspecified atom stereocenters. The zero-order valence-corrected chi connectivity index (χ0v) is 17.1. The summed E-state index contributed by atoms with van der Waals surface area (Å²) in [5.74, 6) is -3.88. The maximum absolute atomic E-state index is 14.6. The normalized spacial score (nSPS) is 20.9. The smallest absolute Gasteiger partial charge is 0.425 e. The fourth-order valence-electron chi connectivity index (χ4n) is 3.41. The van der Waals surface area contributed by atoms with Crippen LogP contribution in [0.4, 0.5) is 36.4 Å². The Kier molecular flexibility index (Phi) is 6.27. The number of amidine groups is 1. The maximum atomic E-state index is 14.6. The fourth-order valence-corrected chi connectivity index (χ4v) is 3.41. The van der Waals surface area contributed by atoms with Crippen molar-refractivity contribution in [2.45, 2.75) is 44.5 Å². The minimum absolute atomic E-state index is 0.0925. The van der Waals surface area contributed by atoms with Gasteiger partial charge in [-0.3, -0.25) is 9.78 Å². The highest BCUT2D eigenvalue weighted by molar-refractivity contribution is 6.03. The molecule has 1 aromatic heterocycles. The van der Waals surface area contributed by atoms with Crippen molar-refractivity contribution in [2.24, 2.45) is 10.7 Å². The number of carbonyl (C=O) groups excluding carboxylic acids is 1. The standard InChI is InChI=1S/C20H17F7N4O2/c1-8-3-9(16(23)24)7-29-15(8)17(32)30-10-4-11(14(22)12(21)5-10)19(2)6-13(20(25,26)27)33-18(28)31-19/h3-5,7,13,16H,6H2,1-2H3,(H2,28,31)(H,30,32). The molecule has 1 aliphatic rings. The first-order chi connectivity index (χ1) is 15.2. The molecule has 0 bridgehead atoms. The third kappa shape index (κ3) is 5.01. The lowest BCUT2D eigenvalue weighted by Gasteiger charge is -2.36. The second-order valence-electron chi connectivity index (χ2n) is 7.58. The van der Waals surface area contributed by atoms with Gasteiger partial charge in [0.1, 0.15) is 5.69 Å². The van der Waals surface area contributed by atoms with E-state index in [0.717, 1.165) is 25.3 Å². The molecule has 0 spiro atoms. The van der Waals surface area contributed by atoms with E-state index in [1.807, 2.05) is 0 Å². The summed E-state index contributed by atoms with van der Waals surface area (Å²) in [4.78, 5) is 19.9. The number of nitrogens with zero attached hydrogens (tertiary/aromatic N) is 2. The Morgan fingerprint density at radius 1 is 1.27 bits per heavy atom. The van der Waals surface area contributed by atoms with E-state index in [1.165, 1.54) is 6.92 Å². The number of benzene rings is 1. The van der Waals surface area contributed by atoms with Gasteiger partial charge in [0, 0.05) is 35.5 Å². The van der Waals surface area contributed by atoms with Crippen molar-refractivity contribution in [1.82, 2.24) is 4.98 Å². The van der Waals surface area contributed by atoms with Gasteiger partial charge in [-0.25, -0.2) is 22.6 Å². The molecule has 0 saturated carbocycles. The molecule has 1 aliphatic heterocycles. The van der Waals surface area contributed by atoms with Crippen LogP contribution >= 0.6 is 0 Å². The number of aryl methyl sites for hydroxylation is 1. The summed E-state index contributed by atoms with van der Waals surface area (Å²) in [5.41, 5.74) is 1.87. The van der Waals surface area contributed by atoms with E-state index >= 15 is 0 Å². The van der Waals surface area contributed by atoms with Crippen LogP contribution in [0.2, 0.25) is 0 Å². The second-order valence-corrected chi connectivity index (χ2v) is 7.58. The number of anilines is 1. The van der Waals surface area contributed by atoms with Crippen LogP contribution in [-0.4, -0.2) is 29.2 Å². The number of pyridine rings is 1. The molecule has 13 heteroatoms. The van der Waals surface area contributed by atoms with E-state index < -0.39 is 65.4 Å². The lowest BCUT2D eigenvalue weighted by atomic mass is 9.85. The van der Waals surface area contributed by atoms with Crippen molar-refractivity contribution >= 4 is 17.6 Å². The number of nitrogens with one attached hydrogen (secondary N) is 1. The van der Waals surface area contributed by atoms with Crippen LogP contribution < -0.4 is 11.1 Å². The molecule has 6 nitrogen and oxygen atoms in total. The average Bonchev–Trinajstić information content (AvgIpc) is 2.68. The number of halogens is 7. The van der Waals surface area contributed by atoms with E-state index in [4.69, 9.17) is 5.73 Å². The summed E-state index contributed by atoms with van der Waals surface area (Å²) in [6.07, 6.45) is -10.2. The summed E-state index contributed by atoms with van der Waals surface area (Å²) in [7, 11) is 0. The lowest BCUT2D eigenvalue weighted by Crippen LogP contribution is -2.46.